The average Bonchev–Trinajstić information content (AvgIpc) is 2.47. The van der Waals surface area contributed by atoms with Gasteiger partial charge in [0.15, 0.2) is 6.29 Å². The minimum Gasteiger partial charge on any atom is -0.298 e. The lowest BCUT2D eigenvalue weighted by Crippen LogP contribution is -2.05. The molecule has 0 bridgehead atoms. The molecular weight excluding hydrogens is 277 g/mol. The van der Waals surface area contributed by atoms with Crippen LogP contribution in [0.1, 0.15) is 34.8 Å². The second kappa shape index (κ2) is 6.12. The molecule has 0 atom stereocenters. The van der Waals surface area contributed by atoms with Crippen LogP contribution in [-0.4, -0.2) is 6.29 Å². The maximum atomic E-state index is 12.7. The monoisotopic (exact) mass is 292 g/mol. The third-order valence-electron chi connectivity index (χ3n) is 3.31. The first kappa shape index (κ1) is 15.3. The van der Waals surface area contributed by atoms with Gasteiger partial charge in [-0.15, -0.1) is 0 Å². The van der Waals surface area contributed by atoms with Crippen LogP contribution < -0.4 is 0 Å². The number of benzene rings is 2. The molecule has 0 spiro atoms. The molecule has 0 heterocycles. The van der Waals surface area contributed by atoms with Crippen molar-refractivity contribution in [2.75, 3.05) is 0 Å². The third-order valence-corrected chi connectivity index (χ3v) is 3.31. The van der Waals surface area contributed by atoms with Gasteiger partial charge in [0, 0.05) is 5.56 Å². The minimum atomic E-state index is -4.44. The van der Waals surface area contributed by atoms with Gasteiger partial charge in [-0.25, -0.2) is 0 Å². The number of carbonyl (C=O) groups excluding carboxylic acids is 1. The molecule has 1 nitrogen and oxygen atoms in total. The van der Waals surface area contributed by atoms with Crippen LogP contribution in [0, 0.1) is 0 Å². The Balaban J connectivity index is 2.41. The van der Waals surface area contributed by atoms with E-state index in [1.165, 1.54) is 11.6 Å². The largest absolute Gasteiger partial charge is 0.416 e. The molecule has 2 rings (SSSR count). The molecule has 2 aromatic carbocycles. The molecule has 0 aliphatic rings. The minimum absolute atomic E-state index is 0.0491. The Kier molecular flexibility index (Phi) is 4.46. The van der Waals surface area contributed by atoms with Gasteiger partial charge in [0.25, 0.3) is 0 Å². The highest BCUT2D eigenvalue weighted by Crippen LogP contribution is 2.33. The maximum absolute atomic E-state index is 12.7. The molecule has 0 aliphatic heterocycles. The highest BCUT2D eigenvalue weighted by molar-refractivity contribution is 5.88. The van der Waals surface area contributed by atoms with E-state index >= 15 is 0 Å². The van der Waals surface area contributed by atoms with Crippen molar-refractivity contribution in [1.29, 1.82) is 0 Å². The normalized spacial score (nSPS) is 11.4. The summed E-state index contributed by atoms with van der Waals surface area (Å²) in [6.07, 6.45) is -2.00. The molecule has 0 fully saturated rings. The van der Waals surface area contributed by atoms with Gasteiger partial charge >= 0.3 is 6.18 Å². The van der Waals surface area contributed by atoms with E-state index in [1.807, 2.05) is 24.3 Å². The van der Waals surface area contributed by atoms with Crippen LogP contribution in [0.15, 0.2) is 42.5 Å². The number of halogens is 3. The van der Waals surface area contributed by atoms with Crippen molar-refractivity contribution in [2.24, 2.45) is 0 Å². The summed E-state index contributed by atoms with van der Waals surface area (Å²) in [7, 11) is 0. The first-order valence-electron chi connectivity index (χ1n) is 6.71. The first-order chi connectivity index (χ1) is 9.95. The SMILES string of the molecule is CCCc1ccc(-c2ccc(C(F)(F)F)cc2C=O)cc1. The van der Waals surface area contributed by atoms with Crippen LogP contribution in [0.2, 0.25) is 0 Å². The standard InChI is InChI=1S/C17H15F3O/c1-2-3-12-4-6-13(7-5-12)16-9-8-15(17(18,19)20)10-14(16)11-21/h4-11H,2-3H2,1H3. The van der Waals surface area contributed by atoms with Crippen LogP contribution in [0.25, 0.3) is 11.1 Å². The van der Waals surface area contributed by atoms with E-state index in [0.29, 0.717) is 11.8 Å². The maximum Gasteiger partial charge on any atom is 0.416 e. The molecule has 21 heavy (non-hydrogen) atoms. The van der Waals surface area contributed by atoms with E-state index in [9.17, 15) is 18.0 Å². The Bertz CT molecular complexity index is 627. The number of hydrogen-bond donors (Lipinski definition) is 0. The topological polar surface area (TPSA) is 17.1 Å². The molecule has 0 aliphatic carbocycles. The summed E-state index contributed by atoms with van der Waals surface area (Å²) in [6, 6.07) is 10.8. The van der Waals surface area contributed by atoms with Crippen LogP contribution in [0.5, 0.6) is 0 Å². The summed E-state index contributed by atoms with van der Waals surface area (Å²) in [5.74, 6) is 0. The number of hydrogen-bond acceptors (Lipinski definition) is 1. The highest BCUT2D eigenvalue weighted by Gasteiger charge is 2.31. The van der Waals surface area contributed by atoms with E-state index in [4.69, 9.17) is 0 Å². The van der Waals surface area contributed by atoms with Gasteiger partial charge in [-0.05, 0) is 35.2 Å². The van der Waals surface area contributed by atoms with E-state index in [0.717, 1.165) is 30.5 Å². The second-order valence-electron chi connectivity index (χ2n) is 4.86. The van der Waals surface area contributed by atoms with E-state index in [2.05, 4.69) is 6.92 Å². The molecule has 4 heteroatoms. The predicted molar refractivity (Wildman–Crippen MR) is 76.3 cm³/mol. The van der Waals surface area contributed by atoms with Gasteiger partial charge in [-0.1, -0.05) is 43.7 Å². The van der Waals surface area contributed by atoms with Crippen molar-refractivity contribution in [3.05, 3.63) is 59.2 Å². The summed E-state index contributed by atoms with van der Waals surface area (Å²) in [4.78, 5) is 11.1. The number of aryl methyl sites for hydroxylation is 1. The van der Waals surface area contributed by atoms with Gasteiger partial charge in [-0.3, -0.25) is 4.79 Å². The number of aldehydes is 1. The molecule has 2 aromatic rings. The van der Waals surface area contributed by atoms with Crippen LogP contribution in [0.3, 0.4) is 0 Å². The third kappa shape index (κ3) is 3.51. The Hall–Kier alpha value is -2.10. The van der Waals surface area contributed by atoms with Crippen molar-refractivity contribution in [1.82, 2.24) is 0 Å². The highest BCUT2D eigenvalue weighted by atomic mass is 19.4. The zero-order valence-corrected chi connectivity index (χ0v) is 11.6. The fourth-order valence-electron chi connectivity index (χ4n) is 2.24. The molecule has 0 unspecified atom stereocenters. The number of rotatable bonds is 4. The summed E-state index contributed by atoms with van der Waals surface area (Å²) < 4.78 is 38.0. The van der Waals surface area contributed by atoms with E-state index < -0.39 is 11.7 Å². The lowest BCUT2D eigenvalue weighted by atomic mass is 9.96. The predicted octanol–water partition coefficient (Wildman–Crippen LogP) is 5.14. The summed E-state index contributed by atoms with van der Waals surface area (Å²) in [5.41, 5.74) is 1.66. The molecule has 110 valence electrons. The zero-order valence-electron chi connectivity index (χ0n) is 11.6. The fraction of sp³-hybridized carbons (Fsp3) is 0.235. The second-order valence-corrected chi connectivity index (χ2v) is 4.86. The summed E-state index contributed by atoms with van der Waals surface area (Å²) >= 11 is 0. The van der Waals surface area contributed by atoms with Crippen molar-refractivity contribution in [3.8, 4) is 11.1 Å². The Morgan fingerprint density at radius 3 is 2.24 bits per heavy atom. The van der Waals surface area contributed by atoms with Gasteiger partial charge in [0.05, 0.1) is 5.56 Å². The summed E-state index contributed by atoms with van der Waals surface area (Å²) in [6.45, 7) is 2.08. The lowest BCUT2D eigenvalue weighted by Gasteiger charge is -2.11. The molecule has 0 saturated carbocycles. The quantitative estimate of drug-likeness (QED) is 0.713. The zero-order chi connectivity index (χ0) is 15.5. The molecule has 0 amide bonds. The average molecular weight is 292 g/mol. The Morgan fingerprint density at radius 2 is 1.71 bits per heavy atom. The van der Waals surface area contributed by atoms with Crippen LogP contribution in [0.4, 0.5) is 13.2 Å². The molecular formula is C17H15F3O. The smallest absolute Gasteiger partial charge is 0.298 e. The van der Waals surface area contributed by atoms with Crippen LogP contribution >= 0.6 is 0 Å². The molecule has 0 radical (unpaired) electrons. The van der Waals surface area contributed by atoms with Gasteiger partial charge in [0.1, 0.15) is 0 Å². The Labute approximate surface area is 121 Å². The fourth-order valence-corrected chi connectivity index (χ4v) is 2.24. The van der Waals surface area contributed by atoms with E-state index in [1.54, 1.807) is 0 Å². The van der Waals surface area contributed by atoms with Gasteiger partial charge in [-0.2, -0.15) is 13.2 Å². The lowest BCUT2D eigenvalue weighted by molar-refractivity contribution is -0.137. The van der Waals surface area contributed by atoms with Crippen LogP contribution in [-0.2, 0) is 12.6 Å². The van der Waals surface area contributed by atoms with Crippen molar-refractivity contribution >= 4 is 6.29 Å². The summed E-state index contributed by atoms with van der Waals surface area (Å²) in [5, 5.41) is 0. The number of alkyl halides is 3. The molecule has 0 aromatic heterocycles. The molecule has 0 saturated heterocycles. The van der Waals surface area contributed by atoms with E-state index in [-0.39, 0.29) is 5.56 Å². The molecule has 0 N–H and O–H groups in total. The van der Waals surface area contributed by atoms with Crippen molar-refractivity contribution < 1.29 is 18.0 Å². The first-order valence-corrected chi connectivity index (χ1v) is 6.71. The van der Waals surface area contributed by atoms with Crippen molar-refractivity contribution in [3.63, 3.8) is 0 Å². The Morgan fingerprint density at radius 1 is 1.05 bits per heavy atom. The van der Waals surface area contributed by atoms with Gasteiger partial charge < -0.3 is 0 Å². The van der Waals surface area contributed by atoms with Gasteiger partial charge in [0.2, 0.25) is 0 Å². The number of carbonyl (C=O) groups is 1. The van der Waals surface area contributed by atoms with Crippen molar-refractivity contribution in [2.45, 2.75) is 25.9 Å².